The second-order valence-electron chi connectivity index (χ2n) is 5.06. The molecule has 0 aliphatic carbocycles. The van der Waals surface area contributed by atoms with Gasteiger partial charge in [-0.05, 0) is 26.8 Å². The molecule has 3 heteroatoms. The minimum absolute atomic E-state index is 0.0516. The molecule has 1 N–H and O–H groups in total. The average molecular weight is 231 g/mol. The fraction of sp³-hybridized carbons (Fsp3) is 0.357. The summed E-state index contributed by atoms with van der Waals surface area (Å²) >= 11 is 0. The molecule has 0 aliphatic heterocycles. The number of carbonyl (C=O) groups excluding carboxylic acids is 1. The third kappa shape index (κ3) is 2.39. The fourth-order valence-corrected chi connectivity index (χ4v) is 2.08. The number of ketones is 1. The number of aliphatic hydroxyl groups is 1. The Labute approximate surface area is 101 Å². The summed E-state index contributed by atoms with van der Waals surface area (Å²) in [7, 11) is 0. The van der Waals surface area contributed by atoms with E-state index in [0.29, 0.717) is 12.1 Å². The van der Waals surface area contributed by atoms with Crippen molar-refractivity contribution in [3.8, 4) is 0 Å². The van der Waals surface area contributed by atoms with Crippen molar-refractivity contribution < 1.29 is 9.90 Å². The Morgan fingerprint density at radius 3 is 2.59 bits per heavy atom. The standard InChI is InChI=1S/C14H17NO2/c1-10(16)12-8-15(9-14(2,3)17)13-7-5-4-6-11(12)13/h4-8,17H,9H2,1-3H3. The third-order valence-corrected chi connectivity index (χ3v) is 2.73. The summed E-state index contributed by atoms with van der Waals surface area (Å²) in [4.78, 5) is 11.6. The fourth-order valence-electron chi connectivity index (χ4n) is 2.08. The first kappa shape index (κ1) is 11.9. The van der Waals surface area contributed by atoms with Crippen LogP contribution in [0.3, 0.4) is 0 Å². The number of carbonyl (C=O) groups is 1. The zero-order valence-corrected chi connectivity index (χ0v) is 10.4. The molecule has 0 unspecified atom stereocenters. The van der Waals surface area contributed by atoms with Crippen LogP contribution in [-0.2, 0) is 6.54 Å². The third-order valence-electron chi connectivity index (χ3n) is 2.73. The minimum Gasteiger partial charge on any atom is -0.389 e. The molecule has 1 aromatic heterocycles. The summed E-state index contributed by atoms with van der Waals surface area (Å²) in [6.45, 7) is 5.56. The number of benzene rings is 1. The lowest BCUT2D eigenvalue weighted by Gasteiger charge is -2.18. The van der Waals surface area contributed by atoms with Crippen molar-refractivity contribution >= 4 is 16.7 Å². The first-order chi connectivity index (χ1) is 7.88. The van der Waals surface area contributed by atoms with Gasteiger partial charge in [-0.1, -0.05) is 18.2 Å². The lowest BCUT2D eigenvalue weighted by molar-refractivity contribution is 0.0627. The predicted molar refractivity (Wildman–Crippen MR) is 68.2 cm³/mol. The molecule has 17 heavy (non-hydrogen) atoms. The van der Waals surface area contributed by atoms with Crippen LogP contribution in [0.25, 0.3) is 10.9 Å². The highest BCUT2D eigenvalue weighted by Gasteiger charge is 2.17. The second kappa shape index (κ2) is 4.00. The second-order valence-corrected chi connectivity index (χ2v) is 5.06. The van der Waals surface area contributed by atoms with Gasteiger partial charge in [0.2, 0.25) is 0 Å². The van der Waals surface area contributed by atoms with Crippen LogP contribution in [0.5, 0.6) is 0 Å². The van der Waals surface area contributed by atoms with E-state index in [0.717, 1.165) is 10.9 Å². The molecule has 0 saturated heterocycles. The van der Waals surface area contributed by atoms with E-state index < -0.39 is 5.60 Å². The van der Waals surface area contributed by atoms with Crippen LogP contribution >= 0.6 is 0 Å². The van der Waals surface area contributed by atoms with Crippen molar-refractivity contribution in [3.05, 3.63) is 36.0 Å². The Morgan fingerprint density at radius 1 is 1.35 bits per heavy atom. The van der Waals surface area contributed by atoms with Gasteiger partial charge in [0.05, 0.1) is 12.1 Å². The predicted octanol–water partition coefficient (Wildman–Crippen LogP) is 2.61. The zero-order valence-electron chi connectivity index (χ0n) is 10.4. The smallest absolute Gasteiger partial charge is 0.161 e. The van der Waals surface area contributed by atoms with Crippen LogP contribution in [0.2, 0.25) is 0 Å². The Kier molecular flexibility index (Phi) is 2.79. The number of Topliss-reactive ketones (excluding diaryl/α,β-unsaturated/α-hetero) is 1. The van der Waals surface area contributed by atoms with Crippen LogP contribution in [-0.4, -0.2) is 21.1 Å². The number of nitrogens with zero attached hydrogens (tertiary/aromatic N) is 1. The SMILES string of the molecule is CC(=O)c1cn(CC(C)(C)O)c2ccccc12. The number of fused-ring (bicyclic) bond motifs is 1. The molecule has 0 radical (unpaired) electrons. The molecule has 0 bridgehead atoms. The first-order valence-electron chi connectivity index (χ1n) is 5.70. The topological polar surface area (TPSA) is 42.2 Å². The summed E-state index contributed by atoms with van der Waals surface area (Å²) in [5, 5.41) is 10.8. The molecule has 0 amide bonds. The maximum atomic E-state index is 11.6. The van der Waals surface area contributed by atoms with Gasteiger partial charge in [0.15, 0.2) is 5.78 Å². The summed E-state index contributed by atoms with van der Waals surface area (Å²) in [5.74, 6) is 0.0516. The molecule has 0 spiro atoms. The van der Waals surface area contributed by atoms with E-state index in [9.17, 15) is 9.90 Å². The first-order valence-corrected chi connectivity index (χ1v) is 5.70. The highest BCUT2D eigenvalue weighted by molar-refractivity contribution is 6.06. The highest BCUT2D eigenvalue weighted by Crippen LogP contribution is 2.23. The van der Waals surface area contributed by atoms with Gasteiger partial charge in [-0.2, -0.15) is 0 Å². The van der Waals surface area contributed by atoms with E-state index in [1.54, 1.807) is 20.8 Å². The van der Waals surface area contributed by atoms with Gasteiger partial charge in [-0.25, -0.2) is 0 Å². The van der Waals surface area contributed by atoms with Gasteiger partial charge >= 0.3 is 0 Å². The number of rotatable bonds is 3. The van der Waals surface area contributed by atoms with Gasteiger partial charge < -0.3 is 9.67 Å². The maximum Gasteiger partial charge on any atom is 0.161 e. The van der Waals surface area contributed by atoms with Gasteiger partial charge in [-0.3, -0.25) is 4.79 Å². The largest absolute Gasteiger partial charge is 0.389 e. The quantitative estimate of drug-likeness (QED) is 0.825. The lowest BCUT2D eigenvalue weighted by atomic mass is 10.1. The van der Waals surface area contributed by atoms with Crippen molar-refractivity contribution in [1.82, 2.24) is 4.57 Å². The van der Waals surface area contributed by atoms with Crippen molar-refractivity contribution in [1.29, 1.82) is 0 Å². The van der Waals surface area contributed by atoms with Gasteiger partial charge in [0.25, 0.3) is 0 Å². The van der Waals surface area contributed by atoms with Gasteiger partial charge in [0.1, 0.15) is 0 Å². The molecule has 0 fully saturated rings. The van der Waals surface area contributed by atoms with Crippen molar-refractivity contribution in [2.45, 2.75) is 32.9 Å². The van der Waals surface area contributed by atoms with Gasteiger partial charge in [0, 0.05) is 22.7 Å². The van der Waals surface area contributed by atoms with E-state index in [4.69, 9.17) is 0 Å². The van der Waals surface area contributed by atoms with E-state index in [-0.39, 0.29) is 5.78 Å². The number of hydrogen-bond donors (Lipinski definition) is 1. The highest BCUT2D eigenvalue weighted by atomic mass is 16.3. The average Bonchev–Trinajstić information content (AvgIpc) is 2.55. The van der Waals surface area contributed by atoms with Crippen molar-refractivity contribution in [2.75, 3.05) is 0 Å². The summed E-state index contributed by atoms with van der Waals surface area (Å²) in [6, 6.07) is 7.76. The molecule has 3 nitrogen and oxygen atoms in total. The van der Waals surface area contributed by atoms with E-state index in [1.165, 1.54) is 0 Å². The minimum atomic E-state index is -0.796. The number of hydrogen-bond acceptors (Lipinski definition) is 2. The van der Waals surface area contributed by atoms with E-state index in [2.05, 4.69) is 0 Å². The van der Waals surface area contributed by atoms with E-state index >= 15 is 0 Å². The lowest BCUT2D eigenvalue weighted by Crippen LogP contribution is -2.25. The molecule has 2 rings (SSSR count). The molecular formula is C14H17NO2. The van der Waals surface area contributed by atoms with Crippen LogP contribution in [0.4, 0.5) is 0 Å². The molecular weight excluding hydrogens is 214 g/mol. The summed E-state index contributed by atoms with van der Waals surface area (Å²) in [6.07, 6.45) is 1.82. The van der Waals surface area contributed by atoms with Crippen LogP contribution < -0.4 is 0 Å². The monoisotopic (exact) mass is 231 g/mol. The Bertz CT molecular complexity index is 561. The molecule has 0 atom stereocenters. The van der Waals surface area contributed by atoms with Crippen molar-refractivity contribution in [2.24, 2.45) is 0 Å². The number of aromatic nitrogens is 1. The Balaban J connectivity index is 2.61. The Hall–Kier alpha value is -1.61. The normalized spacial score (nSPS) is 12.0. The summed E-state index contributed by atoms with van der Waals surface area (Å²) < 4.78 is 1.94. The van der Waals surface area contributed by atoms with Gasteiger partial charge in [-0.15, -0.1) is 0 Å². The van der Waals surface area contributed by atoms with Crippen molar-refractivity contribution in [3.63, 3.8) is 0 Å². The molecule has 90 valence electrons. The zero-order chi connectivity index (χ0) is 12.6. The summed E-state index contributed by atoms with van der Waals surface area (Å²) in [5.41, 5.74) is 0.903. The molecule has 1 heterocycles. The van der Waals surface area contributed by atoms with Crippen LogP contribution in [0.1, 0.15) is 31.1 Å². The van der Waals surface area contributed by atoms with E-state index in [1.807, 2.05) is 35.0 Å². The van der Waals surface area contributed by atoms with Crippen LogP contribution in [0, 0.1) is 0 Å². The van der Waals surface area contributed by atoms with Crippen LogP contribution in [0.15, 0.2) is 30.5 Å². The maximum absolute atomic E-state index is 11.6. The molecule has 0 aliphatic rings. The number of para-hydroxylation sites is 1. The molecule has 0 saturated carbocycles. The Morgan fingerprint density at radius 2 is 2.00 bits per heavy atom. The molecule has 1 aromatic carbocycles. The molecule has 2 aromatic rings.